The molecule has 0 amide bonds. The molecule has 0 aromatic heterocycles. The molecule has 152 valence electrons. The van der Waals surface area contributed by atoms with E-state index in [2.05, 4.69) is 0 Å². The summed E-state index contributed by atoms with van der Waals surface area (Å²) in [7, 11) is 1.39. The summed E-state index contributed by atoms with van der Waals surface area (Å²) >= 11 is 6.19. The van der Waals surface area contributed by atoms with Gasteiger partial charge >= 0.3 is 5.69 Å². The van der Waals surface area contributed by atoms with Gasteiger partial charge in [0.25, 0.3) is 0 Å². The lowest BCUT2D eigenvalue weighted by Gasteiger charge is -2.32. The monoisotopic (exact) mass is 409 g/mol. The number of nitro benzene ring substituents is 1. The number of methoxy groups -OCH3 is 1. The van der Waals surface area contributed by atoms with Gasteiger partial charge in [-0.25, -0.2) is 4.39 Å². The first kappa shape index (κ1) is 22.1. The van der Waals surface area contributed by atoms with Gasteiger partial charge in [-0.3, -0.25) is 15.0 Å². The van der Waals surface area contributed by atoms with E-state index in [1.807, 2.05) is 18.7 Å². The first-order chi connectivity index (χ1) is 13.2. The fourth-order valence-electron chi connectivity index (χ4n) is 2.98. The average Bonchev–Trinajstić information content (AvgIpc) is 2.64. The molecule has 2 rings (SSSR count). The molecule has 0 radical (unpaired) electrons. The molecule has 0 atom stereocenters. The van der Waals surface area contributed by atoms with E-state index in [-0.39, 0.29) is 29.2 Å². The minimum atomic E-state index is -0.482. The Kier molecular flexibility index (Phi) is 7.35. The molecule has 0 aliphatic rings. The van der Waals surface area contributed by atoms with E-state index in [9.17, 15) is 14.5 Å². The summed E-state index contributed by atoms with van der Waals surface area (Å²) in [4.78, 5) is 12.8. The van der Waals surface area contributed by atoms with Crippen molar-refractivity contribution in [2.45, 2.75) is 26.9 Å². The molecule has 0 aliphatic heterocycles. The predicted octanol–water partition coefficient (Wildman–Crippen LogP) is 4.38. The molecule has 8 heteroatoms. The number of halogens is 2. The summed E-state index contributed by atoms with van der Waals surface area (Å²) in [6.45, 7) is 5.66. The molecule has 2 N–H and O–H groups in total. The fraction of sp³-hybridized carbons (Fsp3) is 0.400. The second-order valence-electron chi connectivity index (χ2n) is 7.48. The highest BCUT2D eigenvalue weighted by molar-refractivity contribution is 6.31. The van der Waals surface area contributed by atoms with Gasteiger partial charge in [0.15, 0.2) is 5.75 Å². The van der Waals surface area contributed by atoms with Crippen LogP contribution in [-0.4, -0.2) is 30.0 Å². The molecule has 0 bridgehead atoms. The van der Waals surface area contributed by atoms with E-state index in [1.54, 1.807) is 24.3 Å². The molecule has 0 spiro atoms. The second-order valence-corrected chi connectivity index (χ2v) is 7.88. The molecule has 0 saturated carbocycles. The van der Waals surface area contributed by atoms with Crippen LogP contribution in [0.5, 0.6) is 5.75 Å². The van der Waals surface area contributed by atoms with Crippen LogP contribution in [0.15, 0.2) is 36.4 Å². The van der Waals surface area contributed by atoms with Crippen LogP contribution in [0.25, 0.3) is 0 Å². The molecule has 0 aliphatic carbocycles. The normalized spacial score (nSPS) is 11.7. The summed E-state index contributed by atoms with van der Waals surface area (Å²) in [6, 6.07) is 9.37. The zero-order valence-corrected chi connectivity index (χ0v) is 17.0. The van der Waals surface area contributed by atoms with Gasteiger partial charge in [-0.05, 0) is 35.7 Å². The Bertz CT molecular complexity index is 825. The van der Waals surface area contributed by atoms with Gasteiger partial charge in [-0.15, -0.1) is 0 Å². The molecule has 0 unspecified atom stereocenters. The highest BCUT2D eigenvalue weighted by Gasteiger charge is 2.23. The third kappa shape index (κ3) is 5.64. The summed E-state index contributed by atoms with van der Waals surface area (Å²) in [5.41, 5.74) is 6.64. The van der Waals surface area contributed by atoms with Crippen LogP contribution in [0, 0.1) is 21.3 Å². The molecule has 0 heterocycles. The Morgan fingerprint density at radius 3 is 2.57 bits per heavy atom. The Hall–Kier alpha value is -2.22. The van der Waals surface area contributed by atoms with Crippen molar-refractivity contribution in [1.82, 2.24) is 4.90 Å². The summed E-state index contributed by atoms with van der Waals surface area (Å²) in [5.74, 6) is -0.191. The van der Waals surface area contributed by atoms with E-state index in [4.69, 9.17) is 22.1 Å². The molecular formula is C20H25ClFN3O3. The van der Waals surface area contributed by atoms with Crippen molar-refractivity contribution < 1.29 is 14.1 Å². The molecule has 0 fully saturated rings. The lowest BCUT2D eigenvalue weighted by Crippen LogP contribution is -2.38. The molecule has 6 nitrogen and oxygen atoms in total. The average molecular weight is 410 g/mol. The summed E-state index contributed by atoms with van der Waals surface area (Å²) in [6.07, 6.45) is 0. The lowest BCUT2D eigenvalue weighted by atomic mass is 9.92. The zero-order chi connectivity index (χ0) is 20.9. The van der Waals surface area contributed by atoms with Crippen molar-refractivity contribution in [3.8, 4) is 5.75 Å². The zero-order valence-electron chi connectivity index (χ0n) is 16.2. The molecule has 2 aromatic carbocycles. The van der Waals surface area contributed by atoms with Gasteiger partial charge < -0.3 is 10.5 Å². The number of benzene rings is 2. The highest BCUT2D eigenvalue weighted by Crippen LogP contribution is 2.29. The number of rotatable bonds is 9. The minimum absolute atomic E-state index is 0.109. The van der Waals surface area contributed by atoms with Gasteiger partial charge in [-0.1, -0.05) is 37.6 Å². The van der Waals surface area contributed by atoms with E-state index in [0.29, 0.717) is 35.8 Å². The number of hydrogen-bond donors (Lipinski definition) is 1. The van der Waals surface area contributed by atoms with Crippen molar-refractivity contribution in [2.24, 2.45) is 11.1 Å². The maximum Gasteiger partial charge on any atom is 0.311 e. The Morgan fingerprint density at radius 2 is 2.00 bits per heavy atom. The van der Waals surface area contributed by atoms with Gasteiger partial charge in [0.05, 0.1) is 12.0 Å². The molecule has 0 saturated heterocycles. The topological polar surface area (TPSA) is 81.6 Å². The Labute approximate surface area is 169 Å². The van der Waals surface area contributed by atoms with Gasteiger partial charge in [0.2, 0.25) is 0 Å². The van der Waals surface area contributed by atoms with Gasteiger partial charge in [-0.2, -0.15) is 0 Å². The predicted molar refractivity (Wildman–Crippen MR) is 108 cm³/mol. The van der Waals surface area contributed by atoms with Crippen molar-refractivity contribution in [3.63, 3.8) is 0 Å². The van der Waals surface area contributed by atoms with Crippen LogP contribution in [-0.2, 0) is 13.1 Å². The van der Waals surface area contributed by atoms with E-state index in [1.165, 1.54) is 19.2 Å². The first-order valence-corrected chi connectivity index (χ1v) is 9.21. The fourth-order valence-corrected chi connectivity index (χ4v) is 3.20. The highest BCUT2D eigenvalue weighted by atomic mass is 35.5. The van der Waals surface area contributed by atoms with Crippen molar-refractivity contribution >= 4 is 17.3 Å². The van der Waals surface area contributed by atoms with Gasteiger partial charge in [0.1, 0.15) is 5.82 Å². The van der Waals surface area contributed by atoms with E-state index >= 15 is 0 Å². The maximum atomic E-state index is 14.3. The number of ether oxygens (including phenoxy) is 1. The quantitative estimate of drug-likeness (QED) is 0.490. The standard InChI is InChI=1S/C20H25ClFN3O3/c1-20(2,12-23)13-24(11-15-16(21)5-4-6-17(15)22)10-14-7-8-19(28-3)18(9-14)25(26)27/h4-9H,10-13,23H2,1-3H3. The minimum Gasteiger partial charge on any atom is -0.490 e. The Morgan fingerprint density at radius 1 is 1.29 bits per heavy atom. The van der Waals surface area contributed by atoms with Crippen molar-refractivity contribution in [1.29, 1.82) is 0 Å². The summed E-state index contributed by atoms with van der Waals surface area (Å²) in [5, 5.41) is 11.6. The summed E-state index contributed by atoms with van der Waals surface area (Å²) < 4.78 is 19.3. The first-order valence-electron chi connectivity index (χ1n) is 8.83. The van der Waals surface area contributed by atoms with Crippen molar-refractivity contribution in [2.75, 3.05) is 20.2 Å². The van der Waals surface area contributed by atoms with Crippen LogP contribution >= 0.6 is 11.6 Å². The SMILES string of the molecule is COc1ccc(CN(Cc2c(F)cccc2Cl)CC(C)(C)CN)cc1[N+](=O)[O-]. The second kappa shape index (κ2) is 9.32. The van der Waals surface area contributed by atoms with Crippen LogP contribution < -0.4 is 10.5 Å². The number of nitro groups is 1. The number of nitrogens with two attached hydrogens (primary N) is 1. The van der Waals surface area contributed by atoms with Crippen molar-refractivity contribution in [3.05, 3.63) is 68.5 Å². The molecule has 28 heavy (non-hydrogen) atoms. The number of hydrogen-bond acceptors (Lipinski definition) is 5. The smallest absolute Gasteiger partial charge is 0.311 e. The maximum absolute atomic E-state index is 14.3. The third-order valence-electron chi connectivity index (χ3n) is 4.49. The Balaban J connectivity index is 2.35. The van der Waals surface area contributed by atoms with Crippen LogP contribution in [0.4, 0.5) is 10.1 Å². The van der Waals surface area contributed by atoms with Crippen LogP contribution in [0.1, 0.15) is 25.0 Å². The third-order valence-corrected chi connectivity index (χ3v) is 4.85. The van der Waals surface area contributed by atoms with E-state index in [0.717, 1.165) is 0 Å². The number of nitrogens with zero attached hydrogens (tertiary/aromatic N) is 2. The lowest BCUT2D eigenvalue weighted by molar-refractivity contribution is -0.385. The molecular weight excluding hydrogens is 385 g/mol. The molecule has 2 aromatic rings. The van der Waals surface area contributed by atoms with E-state index < -0.39 is 4.92 Å². The van der Waals surface area contributed by atoms with Gasteiger partial charge in [0, 0.05) is 36.3 Å². The van der Waals surface area contributed by atoms with Crippen LogP contribution in [0.3, 0.4) is 0 Å². The van der Waals surface area contributed by atoms with Crippen LogP contribution in [0.2, 0.25) is 5.02 Å². The largest absolute Gasteiger partial charge is 0.490 e.